The minimum atomic E-state index is 0.215. The zero-order chi connectivity index (χ0) is 9.68. The maximum absolute atomic E-state index is 5.44. The second kappa shape index (κ2) is 5.14. The first kappa shape index (κ1) is 10.4. The molecule has 1 aliphatic rings. The summed E-state index contributed by atoms with van der Waals surface area (Å²) in [4.78, 5) is 0.811. The third-order valence-corrected chi connectivity index (χ3v) is 2.30. The summed E-state index contributed by atoms with van der Waals surface area (Å²) in [5, 5.41) is 0. The fraction of sp³-hybridized carbons (Fsp3) is 0.400. The van der Waals surface area contributed by atoms with E-state index < -0.39 is 0 Å². The van der Waals surface area contributed by atoms with E-state index in [1.165, 1.54) is 6.20 Å². The van der Waals surface area contributed by atoms with Crippen LogP contribution in [0.4, 0.5) is 0 Å². The number of hydrogen-bond acceptors (Lipinski definition) is 3. The zero-order valence-electron chi connectivity index (χ0n) is 7.73. The lowest BCUT2D eigenvalue weighted by molar-refractivity contribution is 0.0976. The van der Waals surface area contributed by atoms with Crippen LogP contribution in [0.3, 0.4) is 0 Å². The molecule has 1 atom stereocenters. The zero-order valence-corrected chi connectivity index (χ0v) is 8.63. The molecule has 0 saturated carbocycles. The highest BCUT2D eigenvalue weighted by Crippen LogP contribution is 2.21. The fourth-order valence-corrected chi connectivity index (χ4v) is 1.39. The largest absolute Gasteiger partial charge is 0.404 e. The Bertz CT molecular complexity index is 256. The molecule has 13 heavy (non-hydrogen) atoms. The fourth-order valence-electron chi connectivity index (χ4n) is 1.22. The molecule has 0 amide bonds. The Morgan fingerprint density at radius 2 is 2.62 bits per heavy atom. The molecule has 0 aromatic rings. The monoisotopic (exact) mass is 197 g/mol. The molecular formula is C10H15NOS. The lowest BCUT2D eigenvalue weighted by Crippen LogP contribution is -2.11. The van der Waals surface area contributed by atoms with Crippen molar-refractivity contribution >= 4 is 12.6 Å². The molecule has 0 fully saturated rings. The highest BCUT2D eigenvalue weighted by Gasteiger charge is 2.08. The molecule has 2 nitrogen and oxygen atoms in total. The number of nitrogens with two attached hydrogens (primary N) is 1. The second-order valence-electron chi connectivity index (χ2n) is 2.80. The molecular weight excluding hydrogens is 182 g/mol. The van der Waals surface area contributed by atoms with Crippen LogP contribution in [0.1, 0.15) is 13.3 Å². The molecule has 1 rings (SSSR count). The Labute approximate surface area is 84.6 Å². The smallest absolute Gasteiger partial charge is 0.0793 e. The number of hydrogen-bond donors (Lipinski definition) is 2. The van der Waals surface area contributed by atoms with Crippen molar-refractivity contribution < 1.29 is 4.74 Å². The van der Waals surface area contributed by atoms with Crippen molar-refractivity contribution in [2.24, 2.45) is 5.73 Å². The lowest BCUT2D eigenvalue weighted by Gasteiger charge is -2.15. The summed E-state index contributed by atoms with van der Waals surface area (Å²) in [5.74, 6) is 0. The number of ether oxygens (including phenoxy) is 1. The third kappa shape index (κ3) is 2.94. The summed E-state index contributed by atoms with van der Waals surface area (Å²) in [6.45, 7) is 2.75. The summed E-state index contributed by atoms with van der Waals surface area (Å²) in [6.07, 6.45) is 8.74. The van der Waals surface area contributed by atoms with Crippen molar-refractivity contribution in [3.8, 4) is 0 Å². The quantitative estimate of drug-likeness (QED) is 0.679. The SMILES string of the molecule is CCOC1C=CC(/C(S)=C/N)=CC1. The van der Waals surface area contributed by atoms with Gasteiger partial charge in [-0.25, -0.2) is 0 Å². The summed E-state index contributed by atoms with van der Waals surface area (Å²) >= 11 is 4.23. The molecule has 0 heterocycles. The first-order valence-electron chi connectivity index (χ1n) is 4.39. The molecule has 0 aromatic carbocycles. The van der Waals surface area contributed by atoms with E-state index in [1.807, 2.05) is 19.1 Å². The van der Waals surface area contributed by atoms with Crippen molar-refractivity contribution in [3.63, 3.8) is 0 Å². The number of allylic oxidation sites excluding steroid dienone is 2. The highest BCUT2D eigenvalue weighted by atomic mass is 32.1. The molecule has 2 N–H and O–H groups in total. The average Bonchev–Trinajstić information content (AvgIpc) is 2.18. The predicted octanol–water partition coefficient (Wildman–Crippen LogP) is 2.01. The van der Waals surface area contributed by atoms with Crippen molar-refractivity contribution in [2.75, 3.05) is 6.61 Å². The van der Waals surface area contributed by atoms with Crippen molar-refractivity contribution in [1.82, 2.24) is 0 Å². The minimum Gasteiger partial charge on any atom is -0.404 e. The molecule has 0 saturated heterocycles. The van der Waals surface area contributed by atoms with Crippen molar-refractivity contribution in [1.29, 1.82) is 0 Å². The van der Waals surface area contributed by atoms with Crippen LogP contribution in [0, 0.1) is 0 Å². The molecule has 0 aliphatic heterocycles. The van der Waals surface area contributed by atoms with E-state index in [2.05, 4.69) is 18.7 Å². The van der Waals surface area contributed by atoms with E-state index in [0.717, 1.165) is 23.5 Å². The summed E-state index contributed by atoms with van der Waals surface area (Å²) in [7, 11) is 0. The standard InChI is InChI=1S/C10H15NOS/c1-2-12-9-5-3-8(4-6-9)10(13)7-11/h3-5,7,9,13H,2,6,11H2,1H3/b10-7-. The average molecular weight is 197 g/mol. The van der Waals surface area contributed by atoms with Crippen LogP contribution in [0.15, 0.2) is 34.9 Å². The van der Waals surface area contributed by atoms with Gasteiger partial charge in [0.15, 0.2) is 0 Å². The lowest BCUT2D eigenvalue weighted by atomic mass is 10.0. The predicted molar refractivity (Wildman–Crippen MR) is 58.5 cm³/mol. The van der Waals surface area contributed by atoms with Crippen molar-refractivity contribution in [3.05, 3.63) is 34.9 Å². The Morgan fingerprint density at radius 3 is 3.08 bits per heavy atom. The Hall–Kier alpha value is -0.670. The van der Waals surface area contributed by atoms with Gasteiger partial charge in [-0.15, -0.1) is 12.6 Å². The molecule has 0 radical (unpaired) electrons. The van der Waals surface area contributed by atoms with E-state index in [1.54, 1.807) is 0 Å². The molecule has 1 aliphatic carbocycles. The maximum atomic E-state index is 5.44. The first-order chi connectivity index (χ1) is 6.27. The Kier molecular flexibility index (Phi) is 4.12. The summed E-state index contributed by atoms with van der Waals surface area (Å²) < 4.78 is 5.44. The van der Waals surface area contributed by atoms with Gasteiger partial charge in [0.05, 0.1) is 6.10 Å². The van der Waals surface area contributed by atoms with E-state index >= 15 is 0 Å². The molecule has 1 unspecified atom stereocenters. The highest BCUT2D eigenvalue weighted by molar-refractivity contribution is 7.84. The van der Waals surface area contributed by atoms with Gasteiger partial charge in [0.25, 0.3) is 0 Å². The number of thiol groups is 1. The van der Waals surface area contributed by atoms with E-state index in [9.17, 15) is 0 Å². The van der Waals surface area contributed by atoms with E-state index in [0.29, 0.717) is 0 Å². The van der Waals surface area contributed by atoms with Crippen LogP contribution in [0.5, 0.6) is 0 Å². The number of rotatable bonds is 3. The van der Waals surface area contributed by atoms with Crippen molar-refractivity contribution in [2.45, 2.75) is 19.4 Å². The minimum absolute atomic E-state index is 0.215. The van der Waals surface area contributed by atoms with Gasteiger partial charge in [-0.05, 0) is 18.9 Å². The van der Waals surface area contributed by atoms with Gasteiger partial charge in [-0.2, -0.15) is 0 Å². The van der Waals surface area contributed by atoms with Crippen LogP contribution < -0.4 is 5.73 Å². The van der Waals surface area contributed by atoms with Crippen LogP contribution >= 0.6 is 12.6 Å². The molecule has 0 spiro atoms. The van der Waals surface area contributed by atoms with Gasteiger partial charge in [-0.3, -0.25) is 0 Å². The van der Waals surface area contributed by atoms with Gasteiger partial charge in [0.2, 0.25) is 0 Å². The van der Waals surface area contributed by atoms with Gasteiger partial charge < -0.3 is 10.5 Å². The van der Waals surface area contributed by atoms with Gasteiger partial charge in [-0.1, -0.05) is 18.2 Å². The topological polar surface area (TPSA) is 35.2 Å². The van der Waals surface area contributed by atoms with Crippen LogP contribution in [-0.4, -0.2) is 12.7 Å². The second-order valence-corrected chi connectivity index (χ2v) is 3.28. The molecule has 0 bridgehead atoms. The van der Waals surface area contributed by atoms with Crippen LogP contribution in [-0.2, 0) is 4.74 Å². The van der Waals surface area contributed by atoms with E-state index in [-0.39, 0.29) is 6.10 Å². The van der Waals surface area contributed by atoms with Gasteiger partial charge in [0, 0.05) is 17.7 Å². The summed E-state index contributed by atoms with van der Waals surface area (Å²) in [6, 6.07) is 0. The molecule has 0 aromatic heterocycles. The van der Waals surface area contributed by atoms with Gasteiger partial charge >= 0.3 is 0 Å². The third-order valence-electron chi connectivity index (χ3n) is 1.89. The van der Waals surface area contributed by atoms with E-state index in [4.69, 9.17) is 10.5 Å². The van der Waals surface area contributed by atoms with Gasteiger partial charge in [0.1, 0.15) is 0 Å². The van der Waals surface area contributed by atoms with Crippen LogP contribution in [0.25, 0.3) is 0 Å². The Balaban J connectivity index is 2.55. The first-order valence-corrected chi connectivity index (χ1v) is 4.83. The molecule has 3 heteroatoms. The summed E-state index contributed by atoms with van der Waals surface area (Å²) in [5.41, 5.74) is 6.42. The maximum Gasteiger partial charge on any atom is 0.0793 e. The normalized spacial score (nSPS) is 23.1. The molecule has 72 valence electrons. The van der Waals surface area contributed by atoms with Crippen LogP contribution in [0.2, 0.25) is 0 Å². The Morgan fingerprint density at radius 1 is 1.85 bits per heavy atom.